The van der Waals surface area contributed by atoms with E-state index in [4.69, 9.17) is 0 Å². The fourth-order valence-electron chi connectivity index (χ4n) is 3.47. The molecule has 1 fully saturated rings. The van der Waals surface area contributed by atoms with Gasteiger partial charge >= 0.3 is 0 Å². The van der Waals surface area contributed by atoms with Gasteiger partial charge in [-0.25, -0.2) is 0 Å². The topological polar surface area (TPSA) is 67.4 Å². The maximum Gasteiger partial charge on any atom is 0.292 e. The normalized spacial score (nSPS) is 16.1. The van der Waals surface area contributed by atoms with E-state index in [1.54, 1.807) is 18.3 Å². The summed E-state index contributed by atoms with van der Waals surface area (Å²) in [4.78, 5) is 15.6. The van der Waals surface area contributed by atoms with Gasteiger partial charge in [0.05, 0.1) is 11.5 Å². The number of hydrogen-bond acceptors (Lipinski definition) is 5. The minimum atomic E-state index is -0.287. The van der Waals surface area contributed by atoms with Gasteiger partial charge in [-0.1, -0.05) is 6.07 Å². The molecule has 0 saturated carbocycles. The first-order valence-electron chi connectivity index (χ1n) is 8.72. The Labute approximate surface area is 148 Å². The van der Waals surface area contributed by atoms with Crippen LogP contribution in [0, 0.1) is 17.0 Å². The molecular formula is C18H25N5O2. The molecule has 3 rings (SSSR count). The second kappa shape index (κ2) is 7.65. The van der Waals surface area contributed by atoms with Gasteiger partial charge in [0.15, 0.2) is 0 Å². The van der Waals surface area contributed by atoms with E-state index in [1.165, 1.54) is 0 Å². The Hall–Kier alpha value is -2.41. The molecule has 0 N–H and O–H groups in total. The molecule has 0 spiro atoms. The van der Waals surface area contributed by atoms with Gasteiger partial charge in [0.25, 0.3) is 5.69 Å². The lowest BCUT2D eigenvalue weighted by Crippen LogP contribution is -2.44. The smallest absolute Gasteiger partial charge is 0.292 e. The zero-order valence-electron chi connectivity index (χ0n) is 14.8. The fraction of sp³-hybridized carbons (Fsp3) is 0.500. The highest BCUT2D eigenvalue weighted by Gasteiger charge is 2.26. The lowest BCUT2D eigenvalue weighted by molar-refractivity contribution is -0.384. The van der Waals surface area contributed by atoms with E-state index in [1.807, 2.05) is 37.0 Å². The first-order valence-corrected chi connectivity index (χ1v) is 8.72. The Morgan fingerprint density at radius 3 is 2.72 bits per heavy atom. The second-order valence-corrected chi connectivity index (χ2v) is 6.70. The molecule has 2 aromatic rings. The largest absolute Gasteiger partial charge is 0.366 e. The summed E-state index contributed by atoms with van der Waals surface area (Å²) in [5.74, 6) is 0. The Morgan fingerprint density at radius 2 is 2.08 bits per heavy atom. The summed E-state index contributed by atoms with van der Waals surface area (Å²) in [6, 6.07) is 7.60. The number of nitro benzene ring substituents is 1. The Balaban J connectivity index is 1.59. The number of rotatable bonds is 6. The summed E-state index contributed by atoms with van der Waals surface area (Å²) in [5, 5.41) is 15.6. The van der Waals surface area contributed by atoms with Crippen molar-refractivity contribution >= 4 is 11.4 Å². The number of nitro groups is 1. The predicted octanol–water partition coefficient (Wildman–Crippen LogP) is 2.70. The van der Waals surface area contributed by atoms with E-state index in [0.29, 0.717) is 6.04 Å². The van der Waals surface area contributed by atoms with Crippen molar-refractivity contribution in [2.24, 2.45) is 0 Å². The monoisotopic (exact) mass is 343 g/mol. The van der Waals surface area contributed by atoms with Gasteiger partial charge in [-0.05, 0) is 37.5 Å². The summed E-state index contributed by atoms with van der Waals surface area (Å²) >= 11 is 0. The van der Waals surface area contributed by atoms with Gasteiger partial charge in [-0.15, -0.1) is 0 Å². The molecule has 0 radical (unpaired) electrons. The minimum absolute atomic E-state index is 0.189. The van der Waals surface area contributed by atoms with Crippen LogP contribution < -0.4 is 4.90 Å². The molecule has 0 unspecified atom stereocenters. The van der Waals surface area contributed by atoms with Crippen molar-refractivity contribution in [3.8, 4) is 0 Å². The van der Waals surface area contributed by atoms with Crippen molar-refractivity contribution in [1.29, 1.82) is 0 Å². The molecule has 0 atom stereocenters. The zero-order chi connectivity index (χ0) is 17.8. The fourth-order valence-corrected chi connectivity index (χ4v) is 3.47. The van der Waals surface area contributed by atoms with E-state index in [0.717, 1.165) is 50.3 Å². The Bertz CT molecular complexity index is 708. The highest BCUT2D eigenvalue weighted by molar-refractivity contribution is 5.64. The van der Waals surface area contributed by atoms with Gasteiger partial charge < -0.3 is 9.80 Å². The van der Waals surface area contributed by atoms with Gasteiger partial charge in [0.2, 0.25) is 0 Å². The molecule has 1 aliphatic heterocycles. The second-order valence-electron chi connectivity index (χ2n) is 6.70. The quantitative estimate of drug-likeness (QED) is 0.596. The van der Waals surface area contributed by atoms with Crippen LogP contribution in [0.15, 0.2) is 36.7 Å². The number of hydrogen-bond donors (Lipinski definition) is 0. The molecule has 2 heterocycles. The van der Waals surface area contributed by atoms with Crippen LogP contribution in [0.4, 0.5) is 11.4 Å². The summed E-state index contributed by atoms with van der Waals surface area (Å²) in [5.41, 5.74) is 1.96. The van der Waals surface area contributed by atoms with Crippen LogP contribution in [0.5, 0.6) is 0 Å². The molecule has 1 aliphatic rings. The van der Waals surface area contributed by atoms with Crippen molar-refractivity contribution in [3.05, 3.63) is 52.3 Å². The number of piperidine rings is 1. The standard InChI is InChI=1S/C18H25N5O2/c1-15-4-5-17(23(24)25)18(14-15)20(2)16-6-10-21(11-7-16)12-13-22-9-3-8-19-22/h3-5,8-9,14,16H,6-7,10-13H2,1-2H3. The molecule has 0 aliphatic carbocycles. The number of anilines is 1. The number of benzene rings is 1. The van der Waals surface area contributed by atoms with Gasteiger partial charge in [0, 0.05) is 51.2 Å². The summed E-state index contributed by atoms with van der Waals surface area (Å²) in [6.45, 7) is 5.88. The van der Waals surface area contributed by atoms with Crippen molar-refractivity contribution in [1.82, 2.24) is 14.7 Å². The lowest BCUT2D eigenvalue weighted by atomic mass is 10.0. The summed E-state index contributed by atoms with van der Waals surface area (Å²) in [6.07, 6.45) is 5.81. The Kier molecular flexibility index (Phi) is 5.33. The maximum atomic E-state index is 11.3. The van der Waals surface area contributed by atoms with Crippen LogP contribution in [-0.2, 0) is 6.54 Å². The van der Waals surface area contributed by atoms with E-state index in [2.05, 4.69) is 14.9 Å². The van der Waals surface area contributed by atoms with Gasteiger partial charge in [-0.2, -0.15) is 5.10 Å². The third kappa shape index (κ3) is 4.17. The molecule has 134 valence electrons. The van der Waals surface area contributed by atoms with Crippen LogP contribution in [0.3, 0.4) is 0 Å². The molecule has 7 nitrogen and oxygen atoms in total. The molecule has 1 saturated heterocycles. The van der Waals surface area contributed by atoms with E-state index >= 15 is 0 Å². The van der Waals surface area contributed by atoms with Crippen molar-refractivity contribution in [3.63, 3.8) is 0 Å². The van der Waals surface area contributed by atoms with Crippen molar-refractivity contribution in [2.75, 3.05) is 31.6 Å². The number of likely N-dealkylation sites (tertiary alicyclic amines) is 1. The van der Waals surface area contributed by atoms with Gasteiger partial charge in [-0.3, -0.25) is 14.8 Å². The van der Waals surface area contributed by atoms with E-state index in [-0.39, 0.29) is 10.6 Å². The molecule has 1 aromatic heterocycles. The third-order valence-electron chi connectivity index (χ3n) is 5.02. The van der Waals surface area contributed by atoms with Crippen LogP contribution in [-0.4, -0.2) is 52.3 Å². The first-order chi connectivity index (χ1) is 12.0. The Morgan fingerprint density at radius 1 is 1.32 bits per heavy atom. The first kappa shape index (κ1) is 17.4. The maximum absolute atomic E-state index is 11.3. The van der Waals surface area contributed by atoms with E-state index < -0.39 is 0 Å². The van der Waals surface area contributed by atoms with Crippen LogP contribution in [0.25, 0.3) is 0 Å². The molecule has 25 heavy (non-hydrogen) atoms. The van der Waals surface area contributed by atoms with Crippen molar-refractivity contribution in [2.45, 2.75) is 32.4 Å². The summed E-state index contributed by atoms with van der Waals surface area (Å²) in [7, 11) is 1.98. The number of aryl methyl sites for hydroxylation is 1. The third-order valence-corrected chi connectivity index (χ3v) is 5.02. The average molecular weight is 343 g/mol. The molecule has 7 heteroatoms. The molecule has 1 aromatic carbocycles. The highest BCUT2D eigenvalue weighted by Crippen LogP contribution is 2.31. The van der Waals surface area contributed by atoms with Gasteiger partial charge in [0.1, 0.15) is 5.69 Å². The summed E-state index contributed by atoms with van der Waals surface area (Å²) < 4.78 is 1.95. The lowest BCUT2D eigenvalue weighted by Gasteiger charge is -2.37. The number of nitrogens with zero attached hydrogens (tertiary/aromatic N) is 5. The minimum Gasteiger partial charge on any atom is -0.366 e. The number of aromatic nitrogens is 2. The average Bonchev–Trinajstić information content (AvgIpc) is 3.13. The highest BCUT2D eigenvalue weighted by atomic mass is 16.6. The van der Waals surface area contributed by atoms with Crippen LogP contribution in [0.1, 0.15) is 18.4 Å². The molecule has 0 amide bonds. The van der Waals surface area contributed by atoms with Crippen LogP contribution >= 0.6 is 0 Å². The molecule has 0 bridgehead atoms. The molecular weight excluding hydrogens is 318 g/mol. The van der Waals surface area contributed by atoms with Crippen LogP contribution in [0.2, 0.25) is 0 Å². The van der Waals surface area contributed by atoms with Crippen molar-refractivity contribution < 1.29 is 4.92 Å². The van der Waals surface area contributed by atoms with E-state index in [9.17, 15) is 10.1 Å². The SMILES string of the molecule is Cc1ccc([N+](=O)[O-])c(N(C)C2CCN(CCn3cccn3)CC2)c1. The predicted molar refractivity (Wildman–Crippen MR) is 97.9 cm³/mol. The zero-order valence-corrected chi connectivity index (χ0v) is 14.8.